The number of rotatable bonds is 9. The van der Waals surface area contributed by atoms with Crippen LogP contribution in [0.15, 0.2) is 27.9 Å². The number of nitrogens with one attached hydrogen (secondary N) is 2. The standard InChI is InChI=1S/C24H34N6O4S/c1-5-7-19-22-23(28-27-19)24(31)26-21(25-22)15-17-14-18(8-9-20(17)34-6-2)35(32,33)30-12-10-29(11-13-30)16(3)4/h8-9,14,16H,5-7,10-13,15H2,1-4H3,(H,27,28)(H,25,26,31). The number of hydrogen-bond donors (Lipinski definition) is 2. The van der Waals surface area contributed by atoms with E-state index in [0.29, 0.717) is 73.4 Å². The number of aromatic nitrogens is 4. The Morgan fingerprint density at radius 3 is 2.54 bits per heavy atom. The van der Waals surface area contributed by atoms with Gasteiger partial charge in [-0.25, -0.2) is 13.4 Å². The molecule has 35 heavy (non-hydrogen) atoms. The maximum Gasteiger partial charge on any atom is 0.276 e. The molecular weight excluding hydrogens is 468 g/mol. The minimum atomic E-state index is -3.66. The molecule has 190 valence electrons. The van der Waals surface area contributed by atoms with Gasteiger partial charge in [0.15, 0.2) is 0 Å². The van der Waals surface area contributed by atoms with Crippen LogP contribution < -0.4 is 10.3 Å². The SMILES string of the molecule is CCCc1n[nH]c2c(=O)[nH]c(Cc3cc(S(=O)(=O)N4CCN(C(C)C)CC4)ccc3OCC)nc12. The van der Waals surface area contributed by atoms with Gasteiger partial charge in [0.05, 0.1) is 17.2 Å². The zero-order valence-electron chi connectivity index (χ0n) is 20.8. The van der Waals surface area contributed by atoms with E-state index in [4.69, 9.17) is 4.74 Å². The molecule has 0 unspecified atom stereocenters. The van der Waals surface area contributed by atoms with Crippen molar-refractivity contribution in [2.75, 3.05) is 32.8 Å². The fourth-order valence-corrected chi connectivity index (χ4v) is 5.92. The Morgan fingerprint density at radius 2 is 1.89 bits per heavy atom. The van der Waals surface area contributed by atoms with Gasteiger partial charge in [0.25, 0.3) is 5.56 Å². The third kappa shape index (κ3) is 5.26. The molecule has 1 saturated heterocycles. The Balaban J connectivity index is 1.66. The fourth-order valence-electron chi connectivity index (χ4n) is 4.44. The number of sulfonamides is 1. The van der Waals surface area contributed by atoms with Crippen molar-refractivity contribution in [1.29, 1.82) is 0 Å². The summed E-state index contributed by atoms with van der Waals surface area (Å²) in [6, 6.07) is 5.30. The normalized spacial score (nSPS) is 15.8. The quantitative estimate of drug-likeness (QED) is 0.460. The number of benzene rings is 1. The van der Waals surface area contributed by atoms with E-state index in [1.54, 1.807) is 22.5 Å². The molecule has 1 fully saturated rings. The molecular formula is C24H34N6O4S. The molecule has 0 amide bonds. The molecule has 0 saturated carbocycles. The Labute approximate surface area is 205 Å². The number of ether oxygens (including phenoxy) is 1. The van der Waals surface area contributed by atoms with E-state index in [-0.39, 0.29) is 16.9 Å². The maximum absolute atomic E-state index is 13.4. The van der Waals surface area contributed by atoms with Crippen molar-refractivity contribution in [3.63, 3.8) is 0 Å². The van der Waals surface area contributed by atoms with Gasteiger partial charge >= 0.3 is 0 Å². The summed E-state index contributed by atoms with van der Waals surface area (Å²) in [5.74, 6) is 1.00. The summed E-state index contributed by atoms with van der Waals surface area (Å²) < 4.78 is 34.2. The Hall–Kier alpha value is -2.76. The fraction of sp³-hybridized carbons (Fsp3) is 0.542. The minimum Gasteiger partial charge on any atom is -0.494 e. The summed E-state index contributed by atoms with van der Waals surface area (Å²) >= 11 is 0. The molecule has 2 N–H and O–H groups in total. The number of fused-ring (bicyclic) bond motifs is 1. The van der Waals surface area contributed by atoms with Crippen molar-refractivity contribution in [2.24, 2.45) is 0 Å². The monoisotopic (exact) mass is 502 g/mol. The van der Waals surface area contributed by atoms with Crippen LogP contribution in [0.3, 0.4) is 0 Å². The van der Waals surface area contributed by atoms with E-state index in [0.717, 1.165) is 12.1 Å². The minimum absolute atomic E-state index is 0.215. The van der Waals surface area contributed by atoms with Crippen LogP contribution in [-0.4, -0.2) is 76.6 Å². The van der Waals surface area contributed by atoms with Crippen molar-refractivity contribution >= 4 is 21.1 Å². The van der Waals surface area contributed by atoms with E-state index in [1.165, 1.54) is 0 Å². The summed E-state index contributed by atoms with van der Waals surface area (Å²) in [4.78, 5) is 22.6. The average Bonchev–Trinajstić information content (AvgIpc) is 3.24. The highest BCUT2D eigenvalue weighted by Gasteiger charge is 2.30. The molecule has 0 spiro atoms. The van der Waals surface area contributed by atoms with Crippen LogP contribution in [0.2, 0.25) is 0 Å². The van der Waals surface area contributed by atoms with Gasteiger partial charge in [-0.15, -0.1) is 0 Å². The highest BCUT2D eigenvalue weighted by atomic mass is 32.2. The van der Waals surface area contributed by atoms with Crippen LogP contribution in [0.4, 0.5) is 0 Å². The Bertz CT molecular complexity index is 1340. The first-order valence-electron chi connectivity index (χ1n) is 12.2. The molecule has 2 aromatic heterocycles. The Morgan fingerprint density at radius 1 is 1.14 bits per heavy atom. The second kappa shape index (κ2) is 10.5. The molecule has 3 aromatic rings. The van der Waals surface area contributed by atoms with E-state index in [1.807, 2.05) is 13.8 Å². The smallest absolute Gasteiger partial charge is 0.276 e. The molecule has 1 aromatic carbocycles. The van der Waals surface area contributed by atoms with Crippen LogP contribution in [0.25, 0.3) is 11.0 Å². The van der Waals surface area contributed by atoms with Crippen LogP contribution in [0.1, 0.15) is 51.2 Å². The van der Waals surface area contributed by atoms with Crippen LogP contribution in [0.5, 0.6) is 5.75 Å². The molecule has 11 heteroatoms. The average molecular weight is 503 g/mol. The molecule has 1 aliphatic rings. The van der Waals surface area contributed by atoms with Gasteiger partial charge < -0.3 is 9.72 Å². The first-order valence-corrected chi connectivity index (χ1v) is 13.6. The number of nitrogens with zero attached hydrogens (tertiary/aromatic N) is 4. The summed E-state index contributed by atoms with van der Waals surface area (Å²) in [6.07, 6.45) is 1.81. The second-order valence-electron chi connectivity index (χ2n) is 9.07. The number of H-pyrrole nitrogens is 2. The highest BCUT2D eigenvalue weighted by Crippen LogP contribution is 2.27. The molecule has 0 bridgehead atoms. The summed E-state index contributed by atoms with van der Waals surface area (Å²) in [5, 5.41) is 7.00. The predicted molar refractivity (Wildman–Crippen MR) is 134 cm³/mol. The molecule has 0 radical (unpaired) electrons. The number of piperazine rings is 1. The lowest BCUT2D eigenvalue weighted by Gasteiger charge is -2.36. The first kappa shape index (κ1) is 25.3. The van der Waals surface area contributed by atoms with Crippen molar-refractivity contribution in [3.8, 4) is 5.75 Å². The van der Waals surface area contributed by atoms with Crippen LogP contribution in [0, 0.1) is 0 Å². The van der Waals surface area contributed by atoms with Crippen LogP contribution >= 0.6 is 0 Å². The predicted octanol–water partition coefficient (Wildman–Crippen LogP) is 2.30. The molecule has 0 aliphatic carbocycles. The molecule has 0 atom stereocenters. The van der Waals surface area contributed by atoms with E-state index < -0.39 is 10.0 Å². The van der Waals surface area contributed by atoms with E-state index >= 15 is 0 Å². The topological polar surface area (TPSA) is 124 Å². The van der Waals surface area contributed by atoms with Crippen molar-refractivity contribution in [3.05, 3.63) is 45.6 Å². The molecule has 10 nitrogen and oxygen atoms in total. The number of hydrogen-bond acceptors (Lipinski definition) is 7. The Kier molecular flexibility index (Phi) is 7.58. The zero-order valence-corrected chi connectivity index (χ0v) is 21.6. The van der Waals surface area contributed by atoms with Gasteiger partial charge in [0, 0.05) is 44.2 Å². The van der Waals surface area contributed by atoms with Crippen molar-refractivity contribution < 1.29 is 13.2 Å². The van der Waals surface area contributed by atoms with Gasteiger partial charge in [-0.2, -0.15) is 9.40 Å². The summed E-state index contributed by atoms with van der Waals surface area (Å²) in [6.45, 7) is 10.9. The second-order valence-corrected chi connectivity index (χ2v) is 11.0. The summed E-state index contributed by atoms with van der Waals surface area (Å²) in [7, 11) is -3.66. The number of aromatic amines is 2. The van der Waals surface area contributed by atoms with Crippen LogP contribution in [-0.2, 0) is 22.9 Å². The molecule has 3 heterocycles. The number of aryl methyl sites for hydroxylation is 1. The van der Waals surface area contributed by atoms with Gasteiger partial charge in [-0.3, -0.25) is 14.8 Å². The van der Waals surface area contributed by atoms with Gasteiger partial charge in [0.1, 0.15) is 22.6 Å². The summed E-state index contributed by atoms with van der Waals surface area (Å²) in [5.41, 5.74) is 1.99. The third-order valence-corrected chi connectivity index (χ3v) is 8.26. The lowest BCUT2D eigenvalue weighted by Crippen LogP contribution is -2.50. The van der Waals surface area contributed by atoms with Crippen molar-refractivity contribution in [2.45, 2.75) is 57.9 Å². The van der Waals surface area contributed by atoms with Gasteiger partial charge in [-0.05, 0) is 45.4 Å². The van der Waals surface area contributed by atoms with E-state index in [9.17, 15) is 13.2 Å². The molecule has 4 rings (SSSR count). The van der Waals surface area contributed by atoms with E-state index in [2.05, 4.69) is 38.9 Å². The first-order chi connectivity index (χ1) is 16.7. The third-order valence-electron chi connectivity index (χ3n) is 6.36. The lowest BCUT2D eigenvalue weighted by atomic mass is 10.1. The van der Waals surface area contributed by atoms with Gasteiger partial charge in [-0.1, -0.05) is 13.3 Å². The maximum atomic E-state index is 13.4. The van der Waals surface area contributed by atoms with Crippen molar-refractivity contribution in [1.82, 2.24) is 29.4 Å². The van der Waals surface area contributed by atoms with Gasteiger partial charge in [0.2, 0.25) is 10.0 Å². The molecule has 1 aliphatic heterocycles. The lowest BCUT2D eigenvalue weighted by molar-refractivity contribution is 0.154. The zero-order chi connectivity index (χ0) is 25.2. The highest BCUT2D eigenvalue weighted by molar-refractivity contribution is 7.89. The largest absolute Gasteiger partial charge is 0.494 e.